The van der Waals surface area contributed by atoms with Gasteiger partial charge in [0.2, 0.25) is 0 Å². The van der Waals surface area contributed by atoms with Crippen molar-refractivity contribution >= 4 is 23.1 Å². The zero-order chi connectivity index (χ0) is 22.3. The first-order valence-electron chi connectivity index (χ1n) is 10.4. The number of amides is 1. The third-order valence-electron chi connectivity index (χ3n) is 4.79. The van der Waals surface area contributed by atoms with E-state index in [1.807, 2.05) is 68.4 Å². The number of rotatable bonds is 8. The average Bonchev–Trinajstić information content (AvgIpc) is 3.22. The smallest absolute Gasteiger partial charge is 0.307 e. The molecule has 0 bridgehead atoms. The zero-order valence-electron chi connectivity index (χ0n) is 18.0. The van der Waals surface area contributed by atoms with Gasteiger partial charge in [-0.05, 0) is 55.8 Å². The summed E-state index contributed by atoms with van der Waals surface area (Å²) in [7, 11) is 0. The summed E-state index contributed by atoms with van der Waals surface area (Å²) in [5, 5.41) is 4.87. The molecule has 3 aromatic carbocycles. The molecule has 4 rings (SSSR count). The van der Waals surface area contributed by atoms with Gasteiger partial charge >= 0.3 is 5.91 Å². The van der Waals surface area contributed by atoms with Gasteiger partial charge in [0.15, 0.2) is 5.76 Å². The van der Waals surface area contributed by atoms with E-state index in [1.165, 1.54) is 5.56 Å². The Morgan fingerprint density at radius 1 is 1.03 bits per heavy atom. The van der Waals surface area contributed by atoms with Gasteiger partial charge in [0.1, 0.15) is 23.7 Å². The molecule has 162 valence electrons. The van der Waals surface area contributed by atoms with Crippen LogP contribution in [0.15, 0.2) is 82.3 Å². The molecule has 4 aromatic rings. The fourth-order valence-electron chi connectivity index (χ4n) is 3.29. The summed E-state index contributed by atoms with van der Waals surface area (Å²) < 4.78 is 17.1. The van der Waals surface area contributed by atoms with E-state index in [1.54, 1.807) is 18.3 Å². The van der Waals surface area contributed by atoms with Crippen LogP contribution in [0.25, 0.3) is 11.0 Å². The number of aryl methyl sites for hydroxylation is 1. The largest absolute Gasteiger partial charge is 0.494 e. The molecule has 6 heteroatoms. The highest BCUT2D eigenvalue weighted by atomic mass is 16.5. The Labute approximate surface area is 186 Å². The highest BCUT2D eigenvalue weighted by Gasteiger charge is 2.12. The van der Waals surface area contributed by atoms with Crippen LogP contribution in [0.2, 0.25) is 0 Å². The second-order valence-electron chi connectivity index (χ2n) is 7.26. The minimum absolute atomic E-state index is 0.176. The van der Waals surface area contributed by atoms with E-state index >= 15 is 0 Å². The number of hydrazone groups is 1. The summed E-state index contributed by atoms with van der Waals surface area (Å²) in [5.41, 5.74) is 6.14. The van der Waals surface area contributed by atoms with Crippen LogP contribution in [0.4, 0.5) is 0 Å². The predicted molar refractivity (Wildman–Crippen MR) is 124 cm³/mol. The lowest BCUT2D eigenvalue weighted by Gasteiger charge is -2.09. The first kappa shape index (κ1) is 21.2. The van der Waals surface area contributed by atoms with Crippen molar-refractivity contribution in [3.63, 3.8) is 0 Å². The molecule has 0 unspecified atom stereocenters. The number of hydrogen-bond donors (Lipinski definition) is 1. The monoisotopic (exact) mass is 428 g/mol. The standard InChI is InChI=1S/C26H24N2O4/c1-3-30-22-11-12-24-21(14-22)15-25(32-24)26(29)28-27-16-20-9-4-5-10-23(20)31-17-19-8-6-7-18(2)13-19/h4-16H,3,17H2,1-2H3,(H,28,29)/b27-16+. The molecule has 0 saturated heterocycles. The number of fused-ring (bicyclic) bond motifs is 1. The first-order valence-corrected chi connectivity index (χ1v) is 10.4. The Bertz CT molecular complexity index is 1260. The number of nitrogens with one attached hydrogen (secondary N) is 1. The van der Waals surface area contributed by atoms with Gasteiger partial charge in [0, 0.05) is 10.9 Å². The third kappa shape index (κ3) is 5.16. The number of carbonyl (C=O) groups is 1. The molecule has 0 aliphatic rings. The quantitative estimate of drug-likeness (QED) is 0.298. The molecule has 0 aliphatic heterocycles. The van der Waals surface area contributed by atoms with E-state index in [0.717, 1.165) is 22.3 Å². The molecular weight excluding hydrogens is 404 g/mol. The second kappa shape index (κ2) is 9.83. The maximum absolute atomic E-state index is 12.5. The summed E-state index contributed by atoms with van der Waals surface area (Å²) in [5.74, 6) is 1.15. The van der Waals surface area contributed by atoms with Crippen LogP contribution in [0.5, 0.6) is 11.5 Å². The van der Waals surface area contributed by atoms with Crippen molar-refractivity contribution in [1.82, 2.24) is 5.43 Å². The van der Waals surface area contributed by atoms with Crippen molar-refractivity contribution in [1.29, 1.82) is 0 Å². The van der Waals surface area contributed by atoms with Gasteiger partial charge in [-0.25, -0.2) is 5.43 Å². The maximum atomic E-state index is 12.5. The molecule has 6 nitrogen and oxygen atoms in total. The second-order valence-corrected chi connectivity index (χ2v) is 7.26. The summed E-state index contributed by atoms with van der Waals surface area (Å²) in [4.78, 5) is 12.5. The fraction of sp³-hybridized carbons (Fsp3) is 0.154. The van der Waals surface area contributed by atoms with Crippen LogP contribution in [0.1, 0.15) is 34.2 Å². The molecule has 1 heterocycles. The number of furan rings is 1. The fourth-order valence-corrected chi connectivity index (χ4v) is 3.29. The molecule has 1 N–H and O–H groups in total. The minimum Gasteiger partial charge on any atom is -0.494 e. The maximum Gasteiger partial charge on any atom is 0.307 e. The van der Waals surface area contributed by atoms with Gasteiger partial charge in [-0.15, -0.1) is 0 Å². The lowest BCUT2D eigenvalue weighted by molar-refractivity contribution is 0.0929. The van der Waals surface area contributed by atoms with Crippen LogP contribution >= 0.6 is 0 Å². The van der Waals surface area contributed by atoms with Gasteiger partial charge in [-0.3, -0.25) is 4.79 Å². The van der Waals surface area contributed by atoms with Gasteiger partial charge in [-0.2, -0.15) is 5.10 Å². The van der Waals surface area contributed by atoms with Gasteiger partial charge in [0.25, 0.3) is 0 Å². The predicted octanol–water partition coefficient (Wildman–Crippen LogP) is 5.48. The minimum atomic E-state index is -0.437. The molecule has 0 spiro atoms. The Morgan fingerprint density at radius 2 is 1.91 bits per heavy atom. The lowest BCUT2D eigenvalue weighted by atomic mass is 10.1. The highest BCUT2D eigenvalue weighted by molar-refractivity contribution is 5.97. The van der Waals surface area contributed by atoms with Crippen LogP contribution in [0.3, 0.4) is 0 Å². The Hall–Kier alpha value is -4.06. The van der Waals surface area contributed by atoms with Crippen molar-refractivity contribution in [3.05, 3.63) is 95.2 Å². The summed E-state index contributed by atoms with van der Waals surface area (Å²) in [6.45, 7) is 4.98. The number of ether oxygens (including phenoxy) is 2. The van der Waals surface area contributed by atoms with Gasteiger partial charge < -0.3 is 13.9 Å². The van der Waals surface area contributed by atoms with E-state index in [9.17, 15) is 4.79 Å². The Balaban J connectivity index is 1.41. The summed E-state index contributed by atoms with van der Waals surface area (Å²) >= 11 is 0. The van der Waals surface area contributed by atoms with E-state index in [4.69, 9.17) is 13.9 Å². The number of para-hydroxylation sites is 1. The Kier molecular flexibility index (Phi) is 6.51. The number of nitrogens with zero attached hydrogens (tertiary/aromatic N) is 1. The lowest BCUT2D eigenvalue weighted by Crippen LogP contribution is -2.16. The van der Waals surface area contributed by atoms with Gasteiger partial charge in [0.05, 0.1) is 12.8 Å². The SMILES string of the molecule is CCOc1ccc2oc(C(=O)N/N=C/c3ccccc3OCc3cccc(C)c3)cc2c1. The average molecular weight is 428 g/mol. The molecule has 1 amide bonds. The molecule has 0 aliphatic carbocycles. The van der Waals surface area contributed by atoms with Gasteiger partial charge in [-0.1, -0.05) is 42.0 Å². The van der Waals surface area contributed by atoms with Crippen LogP contribution in [-0.2, 0) is 6.61 Å². The Morgan fingerprint density at radius 3 is 2.75 bits per heavy atom. The van der Waals surface area contributed by atoms with Crippen LogP contribution in [-0.4, -0.2) is 18.7 Å². The van der Waals surface area contributed by atoms with E-state index in [2.05, 4.69) is 16.6 Å². The van der Waals surface area contributed by atoms with Crippen LogP contribution < -0.4 is 14.9 Å². The van der Waals surface area contributed by atoms with Crippen molar-refractivity contribution in [3.8, 4) is 11.5 Å². The van der Waals surface area contributed by atoms with E-state index < -0.39 is 5.91 Å². The molecular formula is C26H24N2O4. The van der Waals surface area contributed by atoms with E-state index in [-0.39, 0.29) is 5.76 Å². The summed E-state index contributed by atoms with van der Waals surface area (Å²) in [6.07, 6.45) is 1.55. The molecule has 0 radical (unpaired) electrons. The molecule has 0 saturated carbocycles. The summed E-state index contributed by atoms with van der Waals surface area (Å²) in [6, 6.07) is 22.8. The molecule has 32 heavy (non-hydrogen) atoms. The molecule has 0 atom stereocenters. The first-order chi connectivity index (χ1) is 15.6. The van der Waals surface area contributed by atoms with Crippen molar-refractivity contribution in [2.45, 2.75) is 20.5 Å². The van der Waals surface area contributed by atoms with E-state index in [0.29, 0.717) is 24.5 Å². The molecule has 1 aromatic heterocycles. The normalized spacial score (nSPS) is 11.1. The highest BCUT2D eigenvalue weighted by Crippen LogP contribution is 2.24. The topological polar surface area (TPSA) is 73.1 Å². The molecule has 0 fully saturated rings. The van der Waals surface area contributed by atoms with Crippen molar-refractivity contribution < 1.29 is 18.7 Å². The number of hydrogen-bond acceptors (Lipinski definition) is 5. The number of benzene rings is 3. The van der Waals surface area contributed by atoms with Crippen molar-refractivity contribution in [2.75, 3.05) is 6.61 Å². The van der Waals surface area contributed by atoms with Crippen LogP contribution in [0, 0.1) is 6.92 Å². The van der Waals surface area contributed by atoms with Crippen molar-refractivity contribution in [2.24, 2.45) is 5.10 Å². The third-order valence-corrected chi connectivity index (χ3v) is 4.79. The zero-order valence-corrected chi connectivity index (χ0v) is 18.0. The number of carbonyl (C=O) groups excluding carboxylic acids is 1.